The van der Waals surface area contributed by atoms with Crippen molar-refractivity contribution in [3.63, 3.8) is 0 Å². The van der Waals surface area contributed by atoms with Crippen molar-refractivity contribution in [2.45, 2.75) is 17.9 Å². The maximum absolute atomic E-state index is 11.9. The zero-order valence-corrected chi connectivity index (χ0v) is 12.8. The van der Waals surface area contributed by atoms with Crippen LogP contribution in [-0.2, 0) is 11.3 Å². The summed E-state index contributed by atoms with van der Waals surface area (Å²) in [5.41, 5.74) is 0.213. The van der Waals surface area contributed by atoms with Gasteiger partial charge in [-0.15, -0.1) is 16.9 Å². The van der Waals surface area contributed by atoms with Crippen molar-refractivity contribution in [2.24, 2.45) is 0 Å². The molecule has 0 bridgehead atoms. The first kappa shape index (κ1) is 16.8. The van der Waals surface area contributed by atoms with Crippen LogP contribution >= 0.6 is 11.8 Å². The van der Waals surface area contributed by atoms with Crippen LogP contribution in [0.5, 0.6) is 0 Å². The predicted octanol–water partition coefficient (Wildman–Crippen LogP) is 0.694. The number of aliphatic hydroxyl groups is 1. The second-order valence-electron chi connectivity index (χ2n) is 4.42. The number of benzene rings is 1. The molecule has 1 heterocycles. The summed E-state index contributed by atoms with van der Waals surface area (Å²) in [5, 5.41) is 33.0. The van der Waals surface area contributed by atoms with E-state index in [1.165, 1.54) is 34.9 Å². The van der Waals surface area contributed by atoms with E-state index in [0.29, 0.717) is 22.9 Å². The molecule has 0 aliphatic rings. The molecular formula is C12H14N6O4S. The average molecular weight is 338 g/mol. The highest BCUT2D eigenvalue weighted by Crippen LogP contribution is 2.27. The number of carbonyl (C=O) groups is 1. The highest BCUT2D eigenvalue weighted by atomic mass is 32.2. The summed E-state index contributed by atoms with van der Waals surface area (Å²) in [7, 11) is 0. The summed E-state index contributed by atoms with van der Waals surface area (Å²) >= 11 is 1.27. The van der Waals surface area contributed by atoms with Crippen LogP contribution in [0.15, 0.2) is 29.4 Å². The molecule has 23 heavy (non-hydrogen) atoms. The van der Waals surface area contributed by atoms with Crippen LogP contribution in [-0.4, -0.2) is 48.5 Å². The van der Waals surface area contributed by atoms with Crippen molar-refractivity contribution in [3.8, 4) is 0 Å². The molecule has 0 radical (unpaired) electrons. The van der Waals surface area contributed by atoms with Gasteiger partial charge in [-0.2, -0.15) is 0 Å². The van der Waals surface area contributed by atoms with E-state index in [9.17, 15) is 14.9 Å². The lowest BCUT2D eigenvalue weighted by Crippen LogP contribution is -2.15. The van der Waals surface area contributed by atoms with Gasteiger partial charge in [0.1, 0.15) is 6.33 Å². The summed E-state index contributed by atoms with van der Waals surface area (Å²) in [6, 6.07) is 4.32. The molecule has 0 saturated heterocycles. The molecule has 11 heteroatoms. The first-order valence-corrected chi connectivity index (χ1v) is 7.61. The second-order valence-corrected chi connectivity index (χ2v) is 5.58. The van der Waals surface area contributed by atoms with Crippen LogP contribution in [0.1, 0.15) is 6.42 Å². The third kappa shape index (κ3) is 5.30. The molecule has 1 amide bonds. The Kier molecular flexibility index (Phi) is 6.00. The number of aromatic nitrogens is 4. The van der Waals surface area contributed by atoms with Crippen molar-refractivity contribution in [3.05, 3.63) is 34.6 Å². The first-order valence-electron chi connectivity index (χ1n) is 6.62. The van der Waals surface area contributed by atoms with Gasteiger partial charge >= 0.3 is 0 Å². The van der Waals surface area contributed by atoms with Crippen LogP contribution in [0.3, 0.4) is 0 Å². The molecule has 0 atom stereocenters. The molecule has 1 aromatic heterocycles. The largest absolute Gasteiger partial charge is 0.396 e. The van der Waals surface area contributed by atoms with E-state index in [2.05, 4.69) is 20.8 Å². The van der Waals surface area contributed by atoms with Crippen LogP contribution in [0, 0.1) is 10.1 Å². The number of rotatable bonds is 8. The lowest BCUT2D eigenvalue weighted by Gasteiger charge is -2.07. The number of thioether (sulfide) groups is 1. The Morgan fingerprint density at radius 1 is 1.43 bits per heavy atom. The number of tetrazole rings is 1. The number of amides is 1. The highest BCUT2D eigenvalue weighted by molar-refractivity contribution is 7.99. The van der Waals surface area contributed by atoms with Gasteiger partial charge in [-0.1, -0.05) is 0 Å². The minimum atomic E-state index is -0.528. The van der Waals surface area contributed by atoms with Crippen molar-refractivity contribution >= 4 is 29.0 Å². The summed E-state index contributed by atoms with van der Waals surface area (Å²) < 4.78 is 1.41. The molecule has 0 saturated carbocycles. The Morgan fingerprint density at radius 2 is 2.26 bits per heavy atom. The van der Waals surface area contributed by atoms with E-state index >= 15 is 0 Å². The SMILES string of the molecule is O=C(CCn1cnnn1)Nc1cc(SCCO)cc([N+](=O)[O-])c1. The topological polar surface area (TPSA) is 136 Å². The van der Waals surface area contributed by atoms with E-state index in [1.807, 2.05) is 0 Å². The fourth-order valence-electron chi connectivity index (χ4n) is 1.73. The van der Waals surface area contributed by atoms with E-state index in [1.54, 1.807) is 6.07 Å². The van der Waals surface area contributed by atoms with Gasteiger partial charge in [0.05, 0.1) is 18.1 Å². The third-order valence-corrected chi connectivity index (χ3v) is 3.66. The molecule has 2 rings (SSSR count). The normalized spacial score (nSPS) is 10.5. The molecule has 0 aliphatic heterocycles. The molecule has 10 nitrogen and oxygen atoms in total. The van der Waals surface area contributed by atoms with Gasteiger partial charge in [0.2, 0.25) is 5.91 Å². The van der Waals surface area contributed by atoms with Crippen molar-refractivity contribution in [1.82, 2.24) is 20.2 Å². The summed E-state index contributed by atoms with van der Waals surface area (Å²) in [6.45, 7) is 0.265. The standard InChI is InChI=1S/C12H14N6O4S/c19-3-4-23-11-6-9(5-10(7-11)18(21)22)14-12(20)1-2-17-8-13-15-16-17/h5-8,19H,1-4H2,(H,14,20). The van der Waals surface area contributed by atoms with Crippen molar-refractivity contribution < 1.29 is 14.8 Å². The minimum absolute atomic E-state index is 0.0407. The lowest BCUT2D eigenvalue weighted by molar-refractivity contribution is -0.385. The van der Waals surface area contributed by atoms with Crippen LogP contribution in [0.25, 0.3) is 0 Å². The Hall–Kier alpha value is -2.53. The Morgan fingerprint density at radius 3 is 2.91 bits per heavy atom. The summed E-state index contributed by atoms with van der Waals surface area (Å²) in [6.07, 6.45) is 1.52. The zero-order chi connectivity index (χ0) is 16.7. The van der Waals surface area contributed by atoms with Gasteiger partial charge in [-0.05, 0) is 16.5 Å². The number of non-ortho nitro benzene ring substituents is 1. The number of aryl methyl sites for hydroxylation is 1. The monoisotopic (exact) mass is 338 g/mol. The van der Waals surface area contributed by atoms with Gasteiger partial charge < -0.3 is 10.4 Å². The quantitative estimate of drug-likeness (QED) is 0.408. The molecule has 2 N–H and O–H groups in total. The van der Waals surface area contributed by atoms with Gasteiger partial charge in [-0.3, -0.25) is 14.9 Å². The molecular weight excluding hydrogens is 324 g/mol. The predicted molar refractivity (Wildman–Crippen MR) is 82.0 cm³/mol. The van der Waals surface area contributed by atoms with E-state index < -0.39 is 4.92 Å². The number of nitrogens with one attached hydrogen (secondary N) is 1. The summed E-state index contributed by atoms with van der Waals surface area (Å²) in [4.78, 5) is 22.9. The molecule has 0 unspecified atom stereocenters. The lowest BCUT2D eigenvalue weighted by atomic mass is 10.2. The fraction of sp³-hybridized carbons (Fsp3) is 0.333. The molecule has 2 aromatic rings. The zero-order valence-electron chi connectivity index (χ0n) is 12.0. The number of carbonyl (C=O) groups excluding carboxylic acids is 1. The number of anilines is 1. The molecule has 0 aliphatic carbocycles. The Balaban J connectivity index is 2.03. The number of nitro groups is 1. The number of nitro benzene ring substituents is 1. The maximum Gasteiger partial charge on any atom is 0.272 e. The maximum atomic E-state index is 11.9. The molecule has 0 spiro atoms. The Labute approximate surface area is 135 Å². The molecule has 0 fully saturated rings. The first-order chi connectivity index (χ1) is 11.1. The van der Waals surface area contributed by atoms with E-state index in [4.69, 9.17) is 5.11 Å². The fourth-order valence-corrected chi connectivity index (χ4v) is 2.47. The van der Waals surface area contributed by atoms with Crippen molar-refractivity contribution in [1.29, 1.82) is 0 Å². The van der Waals surface area contributed by atoms with E-state index in [-0.39, 0.29) is 24.6 Å². The van der Waals surface area contributed by atoms with Crippen molar-refractivity contribution in [2.75, 3.05) is 17.7 Å². The number of hydrogen-bond donors (Lipinski definition) is 2. The van der Waals surface area contributed by atoms with Crippen LogP contribution in [0.2, 0.25) is 0 Å². The highest BCUT2D eigenvalue weighted by Gasteiger charge is 2.12. The number of aliphatic hydroxyl groups excluding tert-OH is 1. The van der Waals surface area contributed by atoms with Crippen LogP contribution < -0.4 is 5.32 Å². The third-order valence-electron chi connectivity index (χ3n) is 2.71. The number of nitrogens with zero attached hydrogens (tertiary/aromatic N) is 5. The van der Waals surface area contributed by atoms with Gasteiger partial charge in [0, 0.05) is 34.9 Å². The number of hydrogen-bond acceptors (Lipinski definition) is 8. The summed E-state index contributed by atoms with van der Waals surface area (Å²) in [5.74, 6) is 0.104. The van der Waals surface area contributed by atoms with Gasteiger partial charge in [0.25, 0.3) is 5.69 Å². The van der Waals surface area contributed by atoms with Gasteiger partial charge in [0.15, 0.2) is 0 Å². The van der Waals surface area contributed by atoms with E-state index in [0.717, 1.165) is 0 Å². The van der Waals surface area contributed by atoms with Crippen LogP contribution in [0.4, 0.5) is 11.4 Å². The molecule has 122 valence electrons. The average Bonchev–Trinajstić information content (AvgIpc) is 3.04. The smallest absolute Gasteiger partial charge is 0.272 e. The minimum Gasteiger partial charge on any atom is -0.396 e. The Bertz CT molecular complexity index is 678. The molecule has 1 aromatic carbocycles. The van der Waals surface area contributed by atoms with Gasteiger partial charge in [-0.25, -0.2) is 4.68 Å². The second kappa shape index (κ2) is 8.19.